The summed E-state index contributed by atoms with van der Waals surface area (Å²) in [6.07, 6.45) is 2.08. The van der Waals surface area contributed by atoms with Gasteiger partial charge in [-0.2, -0.15) is 0 Å². The molecule has 0 aliphatic heterocycles. The molecule has 0 saturated carbocycles. The number of nitrogens with one attached hydrogen (secondary N) is 1. The van der Waals surface area contributed by atoms with Crippen LogP contribution in [-0.2, 0) is 21.2 Å². The Morgan fingerprint density at radius 3 is 2.33 bits per heavy atom. The number of carbonyl (C=O) groups is 1. The average molecular weight is 391 g/mol. The lowest BCUT2D eigenvalue weighted by Gasteiger charge is -2.24. The number of carbonyl (C=O) groups excluding carboxylic acids is 1. The minimum atomic E-state index is -3.56. The van der Waals surface area contributed by atoms with E-state index in [1.165, 1.54) is 9.87 Å². The number of aryl methyl sites for hydroxylation is 1. The quantitative estimate of drug-likeness (QED) is 0.712. The number of benzene rings is 2. The molecule has 0 saturated heterocycles. The summed E-state index contributed by atoms with van der Waals surface area (Å²) < 4.78 is 31.3. The fraction of sp³-hybridized carbons (Fsp3) is 0.350. The van der Waals surface area contributed by atoms with Crippen molar-refractivity contribution in [3.8, 4) is 5.75 Å². The average Bonchev–Trinajstić information content (AvgIpc) is 2.63. The number of ether oxygens (including phenoxy) is 1. The zero-order chi connectivity index (χ0) is 19.9. The molecule has 0 spiro atoms. The molecule has 0 heterocycles. The Morgan fingerprint density at radius 1 is 1.07 bits per heavy atom. The highest BCUT2D eigenvalue weighted by Crippen LogP contribution is 2.30. The smallest absolute Gasteiger partial charge is 0.232 e. The zero-order valence-corrected chi connectivity index (χ0v) is 16.8. The van der Waals surface area contributed by atoms with Crippen molar-refractivity contribution in [2.45, 2.75) is 26.7 Å². The van der Waals surface area contributed by atoms with Crippen molar-refractivity contribution in [3.63, 3.8) is 0 Å². The summed E-state index contributed by atoms with van der Waals surface area (Å²) in [6, 6.07) is 14.5. The topological polar surface area (TPSA) is 75.7 Å². The molecule has 0 atom stereocenters. The highest BCUT2D eigenvalue weighted by atomic mass is 32.2. The second kappa shape index (κ2) is 9.41. The van der Waals surface area contributed by atoms with E-state index in [2.05, 4.69) is 12.2 Å². The molecule has 1 amide bonds. The number of hydrogen-bond acceptors (Lipinski definition) is 4. The van der Waals surface area contributed by atoms with Gasteiger partial charge in [0, 0.05) is 18.7 Å². The van der Waals surface area contributed by atoms with Gasteiger partial charge in [0.2, 0.25) is 15.9 Å². The highest BCUT2D eigenvalue weighted by molar-refractivity contribution is 7.92. The van der Waals surface area contributed by atoms with Crippen LogP contribution in [0.3, 0.4) is 0 Å². The number of hydrogen-bond donors (Lipinski definition) is 1. The van der Waals surface area contributed by atoms with Crippen molar-refractivity contribution in [1.82, 2.24) is 0 Å². The van der Waals surface area contributed by atoms with E-state index in [9.17, 15) is 13.2 Å². The monoisotopic (exact) mass is 390 g/mol. The van der Waals surface area contributed by atoms with Crippen LogP contribution in [0, 0.1) is 0 Å². The maximum atomic E-state index is 12.3. The van der Waals surface area contributed by atoms with E-state index >= 15 is 0 Å². The van der Waals surface area contributed by atoms with E-state index in [1.54, 1.807) is 24.3 Å². The van der Waals surface area contributed by atoms with E-state index in [4.69, 9.17) is 4.74 Å². The second-order valence-electron chi connectivity index (χ2n) is 6.08. The normalized spacial score (nSPS) is 11.1. The van der Waals surface area contributed by atoms with Crippen molar-refractivity contribution >= 4 is 27.3 Å². The number of anilines is 2. The van der Waals surface area contributed by atoms with Gasteiger partial charge < -0.3 is 10.1 Å². The van der Waals surface area contributed by atoms with E-state index < -0.39 is 10.0 Å². The van der Waals surface area contributed by atoms with Gasteiger partial charge in [-0.15, -0.1) is 0 Å². The van der Waals surface area contributed by atoms with E-state index in [1.807, 2.05) is 31.2 Å². The lowest BCUT2D eigenvalue weighted by molar-refractivity contribution is -0.116. The van der Waals surface area contributed by atoms with E-state index in [0.717, 1.165) is 12.7 Å². The van der Waals surface area contributed by atoms with Gasteiger partial charge in [-0.05, 0) is 43.2 Å². The van der Waals surface area contributed by atoms with Crippen LogP contribution in [0.4, 0.5) is 11.4 Å². The van der Waals surface area contributed by atoms with Gasteiger partial charge in [0.05, 0.1) is 18.6 Å². The van der Waals surface area contributed by atoms with Gasteiger partial charge in [0.15, 0.2) is 0 Å². The third-order valence-electron chi connectivity index (χ3n) is 4.02. The summed E-state index contributed by atoms with van der Waals surface area (Å²) in [6.45, 7) is 4.34. The van der Waals surface area contributed by atoms with E-state index in [0.29, 0.717) is 23.7 Å². The first-order chi connectivity index (χ1) is 12.8. The summed E-state index contributed by atoms with van der Waals surface area (Å²) >= 11 is 0. The SMILES string of the molecule is CCOc1ccccc1N(CCC(=O)Nc1ccc(CC)cc1)S(C)(=O)=O. The Bertz CT molecular complexity index is 864. The molecule has 6 nitrogen and oxygen atoms in total. The van der Waals surface area contributed by atoms with Gasteiger partial charge in [-0.25, -0.2) is 8.42 Å². The molecule has 2 aromatic carbocycles. The van der Waals surface area contributed by atoms with E-state index in [-0.39, 0.29) is 18.9 Å². The number of nitrogens with zero attached hydrogens (tertiary/aromatic N) is 1. The number of sulfonamides is 1. The van der Waals surface area contributed by atoms with Crippen molar-refractivity contribution in [3.05, 3.63) is 54.1 Å². The highest BCUT2D eigenvalue weighted by Gasteiger charge is 2.21. The van der Waals surface area contributed by atoms with Gasteiger partial charge >= 0.3 is 0 Å². The summed E-state index contributed by atoms with van der Waals surface area (Å²) in [5.41, 5.74) is 2.31. The predicted octanol–water partition coefficient (Wildman–Crippen LogP) is 3.44. The summed E-state index contributed by atoms with van der Waals surface area (Å²) in [5, 5.41) is 2.80. The predicted molar refractivity (Wildman–Crippen MR) is 109 cm³/mol. The molecule has 1 N–H and O–H groups in total. The third-order valence-corrected chi connectivity index (χ3v) is 5.20. The molecule has 0 aromatic heterocycles. The molecular weight excluding hydrogens is 364 g/mol. The van der Waals surface area contributed by atoms with Gasteiger partial charge in [-0.3, -0.25) is 9.10 Å². The lowest BCUT2D eigenvalue weighted by atomic mass is 10.1. The molecule has 7 heteroatoms. The first-order valence-corrected chi connectivity index (χ1v) is 10.8. The molecule has 0 radical (unpaired) electrons. The summed E-state index contributed by atoms with van der Waals surface area (Å²) in [5.74, 6) is 0.225. The molecule has 27 heavy (non-hydrogen) atoms. The van der Waals surface area contributed by atoms with Crippen molar-refractivity contribution in [2.24, 2.45) is 0 Å². The van der Waals surface area contributed by atoms with Crippen LogP contribution in [0.2, 0.25) is 0 Å². The van der Waals surface area contributed by atoms with Crippen molar-refractivity contribution < 1.29 is 17.9 Å². The minimum Gasteiger partial charge on any atom is -0.492 e. The van der Waals surface area contributed by atoms with Gasteiger partial charge in [-0.1, -0.05) is 31.2 Å². The van der Waals surface area contributed by atoms with Crippen LogP contribution in [0.1, 0.15) is 25.8 Å². The van der Waals surface area contributed by atoms with Crippen LogP contribution < -0.4 is 14.4 Å². The largest absolute Gasteiger partial charge is 0.492 e. The Kier molecular flexibility index (Phi) is 7.24. The zero-order valence-electron chi connectivity index (χ0n) is 15.9. The minimum absolute atomic E-state index is 0.0296. The molecule has 0 aliphatic rings. The number of para-hydroxylation sites is 2. The Hall–Kier alpha value is -2.54. The summed E-state index contributed by atoms with van der Waals surface area (Å²) in [4.78, 5) is 12.3. The molecule has 0 aliphatic carbocycles. The van der Waals surface area contributed by atoms with Crippen LogP contribution in [-0.4, -0.2) is 33.7 Å². The maximum Gasteiger partial charge on any atom is 0.232 e. The molecule has 2 rings (SSSR count). The third kappa shape index (κ3) is 5.99. The standard InChI is InChI=1S/C20H26N2O4S/c1-4-16-10-12-17(13-11-16)21-20(23)14-15-22(27(3,24)25)18-8-6-7-9-19(18)26-5-2/h6-13H,4-5,14-15H2,1-3H3,(H,21,23). The fourth-order valence-corrected chi connectivity index (χ4v) is 3.59. The molecule has 0 fully saturated rings. The molecule has 2 aromatic rings. The lowest BCUT2D eigenvalue weighted by Crippen LogP contribution is -2.33. The van der Waals surface area contributed by atoms with Gasteiger partial charge in [0.1, 0.15) is 5.75 Å². The van der Waals surface area contributed by atoms with Crippen molar-refractivity contribution in [1.29, 1.82) is 0 Å². The Morgan fingerprint density at radius 2 is 1.74 bits per heavy atom. The molecular formula is C20H26N2O4S. The first kappa shape index (κ1) is 20.8. The Labute approximate surface area is 161 Å². The number of rotatable bonds is 9. The molecule has 0 unspecified atom stereocenters. The Balaban J connectivity index is 2.10. The summed E-state index contributed by atoms with van der Waals surface area (Å²) in [7, 11) is -3.56. The first-order valence-electron chi connectivity index (χ1n) is 8.93. The number of amides is 1. The van der Waals surface area contributed by atoms with Crippen LogP contribution >= 0.6 is 0 Å². The van der Waals surface area contributed by atoms with Crippen LogP contribution in [0.5, 0.6) is 5.75 Å². The molecule has 146 valence electrons. The maximum absolute atomic E-state index is 12.3. The van der Waals surface area contributed by atoms with Crippen molar-refractivity contribution in [2.75, 3.05) is 29.0 Å². The fourth-order valence-electron chi connectivity index (χ4n) is 2.66. The van der Waals surface area contributed by atoms with Crippen LogP contribution in [0.15, 0.2) is 48.5 Å². The molecule has 0 bridgehead atoms. The van der Waals surface area contributed by atoms with Crippen LogP contribution in [0.25, 0.3) is 0 Å². The second-order valence-corrected chi connectivity index (χ2v) is 7.99. The van der Waals surface area contributed by atoms with Gasteiger partial charge in [0.25, 0.3) is 0 Å².